The molecule has 0 aromatic heterocycles. The van der Waals surface area contributed by atoms with Crippen molar-refractivity contribution < 1.29 is 23.4 Å². The lowest BCUT2D eigenvalue weighted by atomic mass is 9.89. The standard InChI is InChI=1S/C18H16BrFO4/c1-22-13-7-15(23-2)17-16(8-13)24-9-11(18(17)21)5-10-3-4-12(19)6-14(10)20/h3-4,6-8,11H,5,9H2,1-2H3. The zero-order valence-corrected chi connectivity index (χ0v) is 14.9. The molecule has 0 fully saturated rings. The average Bonchev–Trinajstić information content (AvgIpc) is 2.58. The van der Waals surface area contributed by atoms with Crippen molar-refractivity contribution in [2.24, 2.45) is 5.92 Å². The predicted octanol–water partition coefficient (Wildman–Crippen LogP) is 4.04. The van der Waals surface area contributed by atoms with Gasteiger partial charge in [0.05, 0.1) is 26.7 Å². The number of methoxy groups -OCH3 is 2. The molecule has 24 heavy (non-hydrogen) atoms. The van der Waals surface area contributed by atoms with Crippen LogP contribution in [-0.2, 0) is 6.42 Å². The van der Waals surface area contributed by atoms with E-state index in [1.807, 2.05) is 0 Å². The molecule has 1 aliphatic rings. The third kappa shape index (κ3) is 3.11. The van der Waals surface area contributed by atoms with Crippen LogP contribution in [-0.4, -0.2) is 26.6 Å². The van der Waals surface area contributed by atoms with E-state index >= 15 is 0 Å². The molecule has 0 bridgehead atoms. The molecule has 6 heteroatoms. The largest absolute Gasteiger partial charge is 0.496 e. The number of carbonyl (C=O) groups excluding carboxylic acids is 1. The summed E-state index contributed by atoms with van der Waals surface area (Å²) >= 11 is 3.23. The van der Waals surface area contributed by atoms with E-state index in [1.54, 1.807) is 24.3 Å². The van der Waals surface area contributed by atoms with Gasteiger partial charge >= 0.3 is 0 Å². The van der Waals surface area contributed by atoms with Crippen LogP contribution in [0.1, 0.15) is 15.9 Å². The van der Waals surface area contributed by atoms with Gasteiger partial charge in [0.15, 0.2) is 5.78 Å². The van der Waals surface area contributed by atoms with E-state index in [4.69, 9.17) is 14.2 Å². The number of carbonyl (C=O) groups is 1. The van der Waals surface area contributed by atoms with Crippen molar-refractivity contribution >= 4 is 21.7 Å². The fourth-order valence-corrected chi connectivity index (χ4v) is 3.11. The molecule has 1 heterocycles. The molecule has 1 unspecified atom stereocenters. The van der Waals surface area contributed by atoms with Crippen LogP contribution in [0.15, 0.2) is 34.8 Å². The summed E-state index contributed by atoms with van der Waals surface area (Å²) in [6, 6.07) is 8.12. The van der Waals surface area contributed by atoms with Gasteiger partial charge in [0, 0.05) is 16.6 Å². The molecule has 4 nitrogen and oxygen atoms in total. The number of Topliss-reactive ketones (excluding diaryl/α,β-unsaturated/α-hetero) is 1. The van der Waals surface area contributed by atoms with E-state index in [1.165, 1.54) is 20.3 Å². The summed E-state index contributed by atoms with van der Waals surface area (Å²) in [4.78, 5) is 12.8. The summed E-state index contributed by atoms with van der Waals surface area (Å²) in [5, 5.41) is 0. The van der Waals surface area contributed by atoms with Crippen molar-refractivity contribution in [3.63, 3.8) is 0 Å². The molecule has 2 aromatic rings. The van der Waals surface area contributed by atoms with E-state index in [-0.39, 0.29) is 24.6 Å². The van der Waals surface area contributed by atoms with Gasteiger partial charge < -0.3 is 14.2 Å². The Balaban J connectivity index is 1.92. The van der Waals surface area contributed by atoms with Crippen molar-refractivity contribution in [3.8, 4) is 17.2 Å². The third-order valence-corrected chi connectivity index (χ3v) is 4.53. The van der Waals surface area contributed by atoms with Crippen molar-refractivity contribution in [3.05, 3.63) is 51.7 Å². The summed E-state index contributed by atoms with van der Waals surface area (Å²) in [6.45, 7) is 0.192. The molecule has 3 rings (SSSR count). The highest BCUT2D eigenvalue weighted by Gasteiger charge is 2.33. The maximum absolute atomic E-state index is 14.0. The van der Waals surface area contributed by atoms with Crippen LogP contribution in [0, 0.1) is 11.7 Å². The summed E-state index contributed by atoms with van der Waals surface area (Å²) in [7, 11) is 3.02. The van der Waals surface area contributed by atoms with Crippen LogP contribution in [0.25, 0.3) is 0 Å². The van der Waals surface area contributed by atoms with Gasteiger partial charge in [-0.05, 0) is 24.1 Å². The summed E-state index contributed by atoms with van der Waals surface area (Å²) in [5.74, 6) is 0.466. The number of rotatable bonds is 4. The number of ketones is 1. The lowest BCUT2D eigenvalue weighted by Gasteiger charge is -2.26. The molecule has 0 radical (unpaired) electrons. The highest BCUT2D eigenvalue weighted by molar-refractivity contribution is 9.10. The van der Waals surface area contributed by atoms with Crippen LogP contribution >= 0.6 is 15.9 Å². The first kappa shape index (κ1) is 16.8. The minimum Gasteiger partial charge on any atom is -0.496 e. The van der Waals surface area contributed by atoms with Crippen molar-refractivity contribution in [1.29, 1.82) is 0 Å². The average molecular weight is 395 g/mol. The number of hydrogen-bond donors (Lipinski definition) is 0. The first-order valence-corrected chi connectivity index (χ1v) is 8.19. The normalized spacial score (nSPS) is 16.3. The van der Waals surface area contributed by atoms with Crippen molar-refractivity contribution in [1.82, 2.24) is 0 Å². The number of ether oxygens (including phenoxy) is 3. The fourth-order valence-electron chi connectivity index (χ4n) is 2.78. The Bertz CT molecular complexity index is 774. The molecule has 0 aliphatic carbocycles. The number of fused-ring (bicyclic) bond motifs is 1. The SMILES string of the molecule is COc1cc(OC)c2c(c1)OCC(Cc1ccc(Br)cc1F)C2=O. The number of hydrogen-bond acceptors (Lipinski definition) is 4. The molecule has 1 atom stereocenters. The second kappa shape index (κ2) is 6.81. The smallest absolute Gasteiger partial charge is 0.177 e. The van der Waals surface area contributed by atoms with Gasteiger partial charge in [-0.15, -0.1) is 0 Å². The Kier molecular flexibility index (Phi) is 4.76. The van der Waals surface area contributed by atoms with Crippen LogP contribution in [0.2, 0.25) is 0 Å². The Labute approximate surface area is 147 Å². The lowest BCUT2D eigenvalue weighted by Crippen LogP contribution is -2.30. The van der Waals surface area contributed by atoms with E-state index in [9.17, 15) is 9.18 Å². The van der Waals surface area contributed by atoms with Crippen LogP contribution < -0.4 is 14.2 Å². The molecule has 0 amide bonds. The Morgan fingerprint density at radius 1 is 1.25 bits per heavy atom. The fraction of sp³-hybridized carbons (Fsp3) is 0.278. The minimum atomic E-state index is -0.463. The zero-order valence-electron chi connectivity index (χ0n) is 13.3. The summed E-state index contributed by atoms with van der Waals surface area (Å²) in [6.07, 6.45) is 0.270. The molecule has 0 saturated heterocycles. The van der Waals surface area contributed by atoms with Crippen molar-refractivity contribution in [2.75, 3.05) is 20.8 Å². The minimum absolute atomic E-state index is 0.113. The monoisotopic (exact) mass is 394 g/mol. The Hall–Kier alpha value is -2.08. The molecular formula is C18H16BrFO4. The van der Waals surface area contributed by atoms with Gasteiger partial charge in [-0.2, -0.15) is 0 Å². The first-order valence-electron chi connectivity index (χ1n) is 7.40. The van der Waals surface area contributed by atoms with Crippen molar-refractivity contribution in [2.45, 2.75) is 6.42 Å². The number of benzene rings is 2. The van der Waals surface area contributed by atoms with Gasteiger partial charge in [0.1, 0.15) is 28.6 Å². The Morgan fingerprint density at radius 3 is 2.71 bits per heavy atom. The second-order valence-corrected chi connectivity index (χ2v) is 6.43. The molecular weight excluding hydrogens is 379 g/mol. The van der Waals surface area contributed by atoms with Gasteiger partial charge in [0.2, 0.25) is 0 Å². The van der Waals surface area contributed by atoms with Crippen LogP contribution in [0.4, 0.5) is 4.39 Å². The molecule has 1 aliphatic heterocycles. The zero-order chi connectivity index (χ0) is 17.3. The molecule has 0 N–H and O–H groups in total. The van der Waals surface area contributed by atoms with E-state index in [0.29, 0.717) is 32.8 Å². The first-order chi connectivity index (χ1) is 11.5. The Morgan fingerprint density at radius 2 is 2.04 bits per heavy atom. The number of halogens is 2. The molecule has 0 spiro atoms. The van der Waals surface area contributed by atoms with E-state index in [2.05, 4.69) is 15.9 Å². The van der Waals surface area contributed by atoms with E-state index < -0.39 is 5.92 Å². The van der Waals surface area contributed by atoms with Gasteiger partial charge in [-0.3, -0.25) is 4.79 Å². The van der Waals surface area contributed by atoms with Crippen LogP contribution in [0.3, 0.4) is 0 Å². The summed E-state index contributed by atoms with van der Waals surface area (Å²) in [5.41, 5.74) is 0.864. The topological polar surface area (TPSA) is 44.8 Å². The highest BCUT2D eigenvalue weighted by Crippen LogP contribution is 2.39. The lowest BCUT2D eigenvalue weighted by molar-refractivity contribution is 0.0824. The van der Waals surface area contributed by atoms with Gasteiger partial charge in [-0.1, -0.05) is 22.0 Å². The third-order valence-electron chi connectivity index (χ3n) is 4.03. The molecule has 2 aromatic carbocycles. The molecule has 0 saturated carbocycles. The van der Waals surface area contributed by atoms with Gasteiger partial charge in [0.25, 0.3) is 0 Å². The highest BCUT2D eigenvalue weighted by atomic mass is 79.9. The van der Waals surface area contributed by atoms with E-state index in [0.717, 1.165) is 0 Å². The second-order valence-electron chi connectivity index (χ2n) is 5.51. The predicted molar refractivity (Wildman–Crippen MR) is 90.7 cm³/mol. The quantitative estimate of drug-likeness (QED) is 0.784. The summed E-state index contributed by atoms with van der Waals surface area (Å²) < 4.78 is 30.9. The van der Waals surface area contributed by atoms with Crippen LogP contribution in [0.5, 0.6) is 17.2 Å². The van der Waals surface area contributed by atoms with Gasteiger partial charge in [-0.25, -0.2) is 4.39 Å². The maximum Gasteiger partial charge on any atom is 0.177 e. The molecule has 126 valence electrons. The maximum atomic E-state index is 14.0.